The monoisotopic (exact) mass is 234 g/mol. The van der Waals surface area contributed by atoms with Crippen molar-refractivity contribution < 1.29 is 0 Å². The maximum absolute atomic E-state index is 3.65. The van der Waals surface area contributed by atoms with Crippen LogP contribution in [0.15, 0.2) is 23.8 Å². The second kappa shape index (κ2) is 5.36. The zero-order valence-electron chi connectivity index (χ0n) is 11.5. The van der Waals surface area contributed by atoms with Gasteiger partial charge in [-0.25, -0.2) is 0 Å². The van der Waals surface area contributed by atoms with Crippen LogP contribution in [0.4, 0.5) is 0 Å². The van der Waals surface area contributed by atoms with Gasteiger partial charge in [0.25, 0.3) is 0 Å². The fourth-order valence-electron chi connectivity index (χ4n) is 2.58. The lowest BCUT2D eigenvalue weighted by Gasteiger charge is -2.40. The average Bonchev–Trinajstić information content (AvgIpc) is 2.29. The highest BCUT2D eigenvalue weighted by molar-refractivity contribution is 5.23. The Hall–Kier alpha value is -0.600. The van der Waals surface area contributed by atoms with Crippen LogP contribution in [0.5, 0.6) is 0 Å². The van der Waals surface area contributed by atoms with Gasteiger partial charge in [-0.05, 0) is 23.8 Å². The predicted molar refractivity (Wildman–Crippen MR) is 74.1 cm³/mol. The van der Waals surface area contributed by atoms with Crippen molar-refractivity contribution in [2.45, 2.75) is 39.7 Å². The fraction of sp³-hybridized carbons (Fsp3) is 0.733. The molecule has 96 valence electrons. The summed E-state index contributed by atoms with van der Waals surface area (Å²) in [6, 6.07) is 0.615. The minimum atomic E-state index is 0.357. The second-order valence-corrected chi connectivity index (χ2v) is 6.37. The Balaban J connectivity index is 1.89. The van der Waals surface area contributed by atoms with Crippen molar-refractivity contribution in [1.82, 2.24) is 10.2 Å². The first kappa shape index (κ1) is 12.8. The van der Waals surface area contributed by atoms with Crippen molar-refractivity contribution in [3.8, 4) is 0 Å². The first-order chi connectivity index (χ1) is 8.05. The number of rotatable bonds is 2. The van der Waals surface area contributed by atoms with Gasteiger partial charge < -0.3 is 5.32 Å². The molecule has 1 heterocycles. The topological polar surface area (TPSA) is 15.3 Å². The molecule has 1 atom stereocenters. The molecule has 0 spiro atoms. The third kappa shape index (κ3) is 3.68. The molecular formula is C15H26N2. The van der Waals surface area contributed by atoms with Crippen LogP contribution in [0.1, 0.15) is 33.6 Å². The molecule has 1 fully saturated rings. The molecular weight excluding hydrogens is 208 g/mol. The molecule has 0 saturated carbocycles. The van der Waals surface area contributed by atoms with Crippen LogP contribution in [0, 0.1) is 5.41 Å². The van der Waals surface area contributed by atoms with E-state index in [4.69, 9.17) is 0 Å². The van der Waals surface area contributed by atoms with E-state index in [1.54, 1.807) is 0 Å². The Morgan fingerprint density at radius 3 is 2.82 bits per heavy atom. The molecule has 17 heavy (non-hydrogen) atoms. The molecule has 1 aliphatic heterocycles. The molecule has 0 aromatic rings. The van der Waals surface area contributed by atoms with Gasteiger partial charge in [-0.15, -0.1) is 0 Å². The summed E-state index contributed by atoms with van der Waals surface area (Å²) >= 11 is 0. The zero-order chi connectivity index (χ0) is 12.3. The molecule has 1 N–H and O–H groups in total. The number of hydrogen-bond donors (Lipinski definition) is 1. The highest BCUT2D eigenvalue weighted by Gasteiger charge is 2.29. The molecule has 0 bridgehead atoms. The normalized spacial score (nSPS) is 27.0. The molecule has 2 heteroatoms. The molecule has 1 saturated heterocycles. The molecule has 2 aliphatic rings. The van der Waals surface area contributed by atoms with Crippen LogP contribution >= 0.6 is 0 Å². The van der Waals surface area contributed by atoms with E-state index in [0.717, 1.165) is 13.1 Å². The van der Waals surface area contributed by atoms with Gasteiger partial charge in [0.2, 0.25) is 0 Å². The van der Waals surface area contributed by atoms with Gasteiger partial charge in [-0.3, -0.25) is 4.90 Å². The largest absolute Gasteiger partial charge is 0.311 e. The van der Waals surface area contributed by atoms with E-state index >= 15 is 0 Å². The third-order valence-corrected chi connectivity index (χ3v) is 3.78. The van der Waals surface area contributed by atoms with Crippen molar-refractivity contribution in [2.24, 2.45) is 5.41 Å². The molecule has 0 aromatic carbocycles. The number of piperazine rings is 1. The quantitative estimate of drug-likeness (QED) is 0.790. The summed E-state index contributed by atoms with van der Waals surface area (Å²) in [5.41, 5.74) is 1.86. The van der Waals surface area contributed by atoms with E-state index in [-0.39, 0.29) is 0 Å². The van der Waals surface area contributed by atoms with Crippen LogP contribution in [-0.2, 0) is 0 Å². The van der Waals surface area contributed by atoms with Crippen molar-refractivity contribution in [3.05, 3.63) is 23.8 Å². The summed E-state index contributed by atoms with van der Waals surface area (Å²) in [5, 5.41) is 3.65. The van der Waals surface area contributed by atoms with Crippen molar-refractivity contribution in [2.75, 3.05) is 26.2 Å². The van der Waals surface area contributed by atoms with Crippen LogP contribution in [0.2, 0.25) is 0 Å². The fourth-order valence-corrected chi connectivity index (χ4v) is 2.58. The first-order valence-corrected chi connectivity index (χ1v) is 6.87. The molecule has 1 unspecified atom stereocenters. The van der Waals surface area contributed by atoms with Crippen LogP contribution in [0.25, 0.3) is 0 Å². The average molecular weight is 234 g/mol. The van der Waals surface area contributed by atoms with E-state index in [9.17, 15) is 0 Å². The van der Waals surface area contributed by atoms with E-state index in [2.05, 4.69) is 49.2 Å². The lowest BCUT2D eigenvalue weighted by molar-refractivity contribution is 0.143. The van der Waals surface area contributed by atoms with Gasteiger partial charge in [0.15, 0.2) is 0 Å². The van der Waals surface area contributed by atoms with E-state index in [1.807, 2.05) is 0 Å². The summed E-state index contributed by atoms with van der Waals surface area (Å²) in [6.07, 6.45) is 9.45. The molecule has 0 radical (unpaired) electrons. The van der Waals surface area contributed by atoms with Gasteiger partial charge in [-0.1, -0.05) is 39.0 Å². The lowest BCUT2D eigenvalue weighted by Crippen LogP contribution is -2.56. The molecule has 1 aliphatic carbocycles. The van der Waals surface area contributed by atoms with Gasteiger partial charge in [0.1, 0.15) is 0 Å². The maximum atomic E-state index is 3.65. The van der Waals surface area contributed by atoms with Gasteiger partial charge in [0, 0.05) is 32.2 Å². The summed E-state index contributed by atoms with van der Waals surface area (Å²) < 4.78 is 0. The molecule has 0 aromatic heterocycles. The van der Waals surface area contributed by atoms with Gasteiger partial charge in [-0.2, -0.15) is 0 Å². The number of hydrogen-bond acceptors (Lipinski definition) is 2. The van der Waals surface area contributed by atoms with Crippen LogP contribution < -0.4 is 5.32 Å². The Morgan fingerprint density at radius 1 is 1.35 bits per heavy atom. The Bertz CT molecular complexity index is 309. The third-order valence-electron chi connectivity index (χ3n) is 3.78. The standard InChI is InChI=1S/C15H26N2/c1-15(2,3)14-12-17(10-9-16-14)11-13-7-5-4-6-8-13/h5,7-8,14,16H,4,6,9-12H2,1-3H3. The van der Waals surface area contributed by atoms with E-state index in [1.165, 1.54) is 31.5 Å². The number of allylic oxidation sites excluding steroid dienone is 2. The minimum Gasteiger partial charge on any atom is -0.311 e. The van der Waals surface area contributed by atoms with Crippen LogP contribution in [-0.4, -0.2) is 37.1 Å². The SMILES string of the molecule is CC(C)(C)C1CN(CC2=CCCC=C2)CCN1. The summed E-state index contributed by atoms with van der Waals surface area (Å²) in [5.74, 6) is 0. The molecule has 2 rings (SSSR count). The van der Waals surface area contributed by atoms with Crippen LogP contribution in [0.3, 0.4) is 0 Å². The molecule has 2 nitrogen and oxygen atoms in total. The van der Waals surface area contributed by atoms with Crippen molar-refractivity contribution in [3.63, 3.8) is 0 Å². The summed E-state index contributed by atoms with van der Waals surface area (Å²) in [6.45, 7) is 11.6. The summed E-state index contributed by atoms with van der Waals surface area (Å²) in [7, 11) is 0. The van der Waals surface area contributed by atoms with Crippen molar-refractivity contribution >= 4 is 0 Å². The van der Waals surface area contributed by atoms with Gasteiger partial charge in [0.05, 0.1) is 0 Å². The van der Waals surface area contributed by atoms with Gasteiger partial charge >= 0.3 is 0 Å². The zero-order valence-corrected chi connectivity index (χ0v) is 11.5. The first-order valence-electron chi connectivity index (χ1n) is 6.87. The maximum Gasteiger partial charge on any atom is 0.0244 e. The number of nitrogens with one attached hydrogen (secondary N) is 1. The summed E-state index contributed by atoms with van der Waals surface area (Å²) in [4.78, 5) is 2.59. The smallest absolute Gasteiger partial charge is 0.0244 e. The van der Waals surface area contributed by atoms with E-state index < -0.39 is 0 Å². The molecule has 0 amide bonds. The Labute approximate surface area is 106 Å². The second-order valence-electron chi connectivity index (χ2n) is 6.37. The van der Waals surface area contributed by atoms with Crippen molar-refractivity contribution in [1.29, 1.82) is 0 Å². The number of nitrogens with zero attached hydrogens (tertiary/aromatic N) is 1. The Kier molecular flexibility index (Phi) is 4.05. The highest BCUT2D eigenvalue weighted by Crippen LogP contribution is 2.22. The highest BCUT2D eigenvalue weighted by atomic mass is 15.2. The lowest BCUT2D eigenvalue weighted by atomic mass is 9.85. The predicted octanol–water partition coefficient (Wildman–Crippen LogP) is 2.58. The Morgan fingerprint density at radius 2 is 2.18 bits per heavy atom. The van der Waals surface area contributed by atoms with E-state index in [0.29, 0.717) is 11.5 Å². The minimum absolute atomic E-state index is 0.357.